The van der Waals surface area contributed by atoms with Crippen LogP contribution in [0, 0.1) is 25.5 Å². The molecule has 2 aromatic heterocycles. The number of hydrogen-bond donors (Lipinski definition) is 2. The van der Waals surface area contributed by atoms with Gasteiger partial charge in [0.15, 0.2) is 0 Å². The number of aryl methyl sites for hydroxylation is 2. The molecule has 352 valence electrons. The Kier molecular flexibility index (Phi) is 17.5. The molecule has 2 fully saturated rings. The van der Waals surface area contributed by atoms with Gasteiger partial charge in [0.2, 0.25) is 6.10 Å². The van der Waals surface area contributed by atoms with E-state index in [0.717, 1.165) is 59.3 Å². The van der Waals surface area contributed by atoms with E-state index in [1.54, 1.807) is 35.2 Å². The fraction of sp³-hybridized carbons (Fsp3) is 0.439. The molecule has 64 heavy (non-hydrogen) atoms. The minimum absolute atomic E-state index is 0.123. The van der Waals surface area contributed by atoms with Gasteiger partial charge in [0, 0.05) is 99.1 Å². The molecule has 4 aromatic rings. The number of rotatable bonds is 7. The lowest BCUT2D eigenvalue weighted by Crippen LogP contribution is -2.52. The highest BCUT2D eigenvalue weighted by molar-refractivity contribution is 5.68. The largest absolute Gasteiger partial charge is 0.434 e. The van der Waals surface area contributed by atoms with Gasteiger partial charge in [-0.2, -0.15) is 52.7 Å². The monoisotopic (exact) mass is 932 g/mol. The van der Waals surface area contributed by atoms with Gasteiger partial charge in [0.05, 0.1) is 11.4 Å². The zero-order valence-corrected chi connectivity index (χ0v) is 33.9. The van der Waals surface area contributed by atoms with E-state index in [2.05, 4.69) is 24.9 Å². The van der Waals surface area contributed by atoms with Gasteiger partial charge >= 0.3 is 30.8 Å². The number of hydrogen-bond acceptors (Lipinski definition) is 8. The number of benzene rings is 2. The van der Waals surface area contributed by atoms with Crippen molar-refractivity contribution >= 4 is 6.09 Å². The number of aliphatic hydroxyl groups excluding tert-OH is 1. The second-order valence-electron chi connectivity index (χ2n) is 14.6. The third kappa shape index (κ3) is 15.5. The molecule has 0 radical (unpaired) electrons. The zero-order chi connectivity index (χ0) is 47.6. The van der Waals surface area contributed by atoms with Crippen LogP contribution in [-0.4, -0.2) is 125 Å². The number of carbonyl (C=O) groups is 1. The number of alkyl halides is 12. The molecule has 0 atom stereocenters. The summed E-state index contributed by atoms with van der Waals surface area (Å²) >= 11 is 0. The van der Waals surface area contributed by atoms with Gasteiger partial charge in [-0.15, -0.1) is 0 Å². The molecule has 0 unspecified atom stereocenters. The van der Waals surface area contributed by atoms with Crippen LogP contribution >= 0.6 is 0 Å². The molecule has 23 heteroatoms. The van der Waals surface area contributed by atoms with Gasteiger partial charge in [0.1, 0.15) is 11.6 Å². The molecule has 0 aliphatic carbocycles. The van der Waals surface area contributed by atoms with Crippen molar-refractivity contribution in [1.82, 2.24) is 30.0 Å². The number of aliphatic hydroxyl groups is 1. The van der Waals surface area contributed by atoms with Crippen molar-refractivity contribution in [2.45, 2.75) is 63.9 Å². The highest BCUT2D eigenvalue weighted by Crippen LogP contribution is 2.36. The Hall–Kier alpha value is -5.13. The van der Waals surface area contributed by atoms with Crippen LogP contribution in [0.2, 0.25) is 0 Å². The van der Waals surface area contributed by atoms with Crippen molar-refractivity contribution in [3.05, 3.63) is 107 Å². The van der Waals surface area contributed by atoms with Crippen LogP contribution in [0.4, 0.5) is 66.3 Å². The summed E-state index contributed by atoms with van der Waals surface area (Å²) in [5.74, 6) is -0.620. The quantitative estimate of drug-likeness (QED) is 0.178. The first-order valence-corrected chi connectivity index (χ1v) is 19.2. The molecule has 2 aliphatic rings. The SMILES string of the molecule is Cc1cccc(-c2ccc(CN3CCN(C(=O)OC(C(F)(F)F)C(F)(F)F)CC3)c(F)c2)n1.Cc1cccc(-c2ccc(CN3CCNCC3)c(F)c2)n1.OC(C(F)(F)F)C(F)(F)F. The summed E-state index contributed by atoms with van der Waals surface area (Å²) in [5.41, 5.74) is 5.70. The fourth-order valence-electron chi connectivity index (χ4n) is 6.20. The van der Waals surface area contributed by atoms with Gasteiger partial charge in [0.25, 0.3) is 6.10 Å². The Morgan fingerprint density at radius 3 is 1.38 bits per heavy atom. The third-order valence-corrected chi connectivity index (χ3v) is 9.54. The van der Waals surface area contributed by atoms with Gasteiger partial charge in [-0.25, -0.2) is 13.6 Å². The van der Waals surface area contributed by atoms with E-state index in [4.69, 9.17) is 5.11 Å². The normalized spacial score (nSPS) is 15.6. The van der Waals surface area contributed by atoms with Gasteiger partial charge in [-0.1, -0.05) is 36.4 Å². The van der Waals surface area contributed by atoms with E-state index in [9.17, 15) is 66.3 Å². The highest BCUT2D eigenvalue weighted by atomic mass is 19.4. The second kappa shape index (κ2) is 21.7. The first-order chi connectivity index (χ1) is 29.7. The molecule has 2 saturated heterocycles. The molecule has 2 aliphatic heterocycles. The maximum Gasteiger partial charge on any atom is 0.434 e. The van der Waals surface area contributed by atoms with Crippen molar-refractivity contribution in [1.29, 1.82) is 0 Å². The smallest absolute Gasteiger partial charge is 0.426 e. The van der Waals surface area contributed by atoms with E-state index >= 15 is 0 Å². The number of aromatic nitrogens is 2. The van der Waals surface area contributed by atoms with E-state index in [1.807, 2.05) is 50.2 Å². The van der Waals surface area contributed by atoms with E-state index in [-0.39, 0.29) is 38.5 Å². The lowest BCUT2D eigenvalue weighted by atomic mass is 10.1. The predicted molar refractivity (Wildman–Crippen MR) is 204 cm³/mol. The van der Waals surface area contributed by atoms with Crippen LogP contribution in [0.1, 0.15) is 22.5 Å². The molecular weight excluding hydrogens is 890 g/mol. The lowest BCUT2D eigenvalue weighted by molar-refractivity contribution is -0.309. The summed E-state index contributed by atoms with van der Waals surface area (Å²) in [7, 11) is 0. The lowest BCUT2D eigenvalue weighted by Gasteiger charge is -2.35. The molecule has 0 spiro atoms. The number of pyridine rings is 2. The molecule has 2 aromatic carbocycles. The number of nitrogens with one attached hydrogen (secondary N) is 1. The number of nitrogens with zero attached hydrogens (tertiary/aromatic N) is 5. The van der Waals surface area contributed by atoms with Crippen LogP contribution in [0.5, 0.6) is 0 Å². The van der Waals surface area contributed by atoms with Crippen molar-refractivity contribution < 1.29 is 76.1 Å². The van der Waals surface area contributed by atoms with Crippen LogP contribution in [0.25, 0.3) is 22.5 Å². The number of carbonyl (C=O) groups excluding carboxylic acids is 1. The number of ether oxygens (including phenoxy) is 1. The predicted octanol–water partition coefficient (Wildman–Crippen LogP) is 9.02. The van der Waals surface area contributed by atoms with Crippen molar-refractivity contribution in [2.24, 2.45) is 0 Å². The van der Waals surface area contributed by atoms with E-state index in [0.29, 0.717) is 23.4 Å². The number of amides is 1. The van der Waals surface area contributed by atoms with Gasteiger partial charge < -0.3 is 20.1 Å². The Morgan fingerprint density at radius 1 is 0.625 bits per heavy atom. The van der Waals surface area contributed by atoms with Gasteiger partial charge in [-0.05, 0) is 50.2 Å². The summed E-state index contributed by atoms with van der Waals surface area (Å²) in [4.78, 5) is 25.4. The molecule has 0 bridgehead atoms. The topological polar surface area (TPSA) is 94.1 Å². The Morgan fingerprint density at radius 2 is 1.03 bits per heavy atom. The molecule has 0 saturated carbocycles. The highest BCUT2D eigenvalue weighted by Gasteiger charge is 2.60. The molecule has 4 heterocycles. The number of halogens is 14. The zero-order valence-electron chi connectivity index (χ0n) is 33.9. The van der Waals surface area contributed by atoms with Crippen LogP contribution < -0.4 is 5.32 Å². The standard InChI is InChI=1S/C21H20F7N3O2.C17H20FN3.C3H2F6O/c1-13-3-2-4-17(29-13)14-5-6-15(16(22)11-14)12-30-7-9-31(10-8-30)19(32)33-18(20(23,24)25)21(26,27)28;1-13-3-2-4-17(20-13)14-5-6-15(16(18)11-14)12-21-9-7-19-8-10-21;4-2(5,6)1(10)3(7,8)9/h2-6,11,18H,7-10,12H2,1H3;2-6,11,19H,7-10,12H2,1H3;1,10H. The fourth-order valence-corrected chi connectivity index (χ4v) is 6.20. The molecule has 2 N–H and O–H groups in total. The minimum Gasteiger partial charge on any atom is -0.426 e. The molecule has 9 nitrogen and oxygen atoms in total. The summed E-state index contributed by atoms with van der Waals surface area (Å²) in [6, 6.07) is 21.3. The van der Waals surface area contributed by atoms with E-state index < -0.39 is 48.8 Å². The number of piperazine rings is 2. The average molecular weight is 933 g/mol. The van der Waals surface area contributed by atoms with E-state index in [1.165, 1.54) is 6.07 Å². The summed E-state index contributed by atoms with van der Waals surface area (Å²) in [5, 5.41) is 10.8. The van der Waals surface area contributed by atoms with Gasteiger partial charge in [-0.3, -0.25) is 19.8 Å². The summed E-state index contributed by atoms with van der Waals surface area (Å²) < 4.78 is 174. The second-order valence-corrected chi connectivity index (χ2v) is 14.6. The maximum atomic E-state index is 14.6. The Bertz CT molecular complexity index is 2110. The first-order valence-electron chi connectivity index (χ1n) is 19.2. The van der Waals surface area contributed by atoms with Crippen LogP contribution in [0.3, 0.4) is 0 Å². The summed E-state index contributed by atoms with van der Waals surface area (Å²) in [6.45, 7) is 8.42. The molecular formula is C41H42F14N6O3. The first kappa shape index (κ1) is 51.5. The Labute approximate surface area is 357 Å². The third-order valence-electron chi connectivity index (χ3n) is 9.54. The van der Waals surface area contributed by atoms with Crippen molar-refractivity contribution in [3.63, 3.8) is 0 Å². The minimum atomic E-state index is -5.77. The van der Waals surface area contributed by atoms with Crippen molar-refractivity contribution in [2.75, 3.05) is 52.4 Å². The van der Waals surface area contributed by atoms with Crippen molar-refractivity contribution in [3.8, 4) is 22.5 Å². The van der Waals surface area contributed by atoms with Crippen LogP contribution in [0.15, 0.2) is 72.8 Å². The van der Waals surface area contributed by atoms with Crippen LogP contribution in [-0.2, 0) is 17.8 Å². The summed E-state index contributed by atoms with van der Waals surface area (Å²) in [6.07, 6.45) is -32.9. The maximum absolute atomic E-state index is 14.6. The Balaban J connectivity index is 0.000000245. The molecule has 1 amide bonds. The molecule has 6 rings (SSSR count). The average Bonchev–Trinajstić information content (AvgIpc) is 3.20.